The lowest BCUT2D eigenvalue weighted by molar-refractivity contribution is 0.234. The monoisotopic (exact) mass is 400 g/mol. The van der Waals surface area contributed by atoms with Gasteiger partial charge in [-0.25, -0.2) is 4.98 Å². The number of aromatic nitrogens is 2. The molecule has 0 fully saturated rings. The van der Waals surface area contributed by atoms with Crippen LogP contribution in [-0.2, 0) is 0 Å². The van der Waals surface area contributed by atoms with Gasteiger partial charge in [0.2, 0.25) is 0 Å². The van der Waals surface area contributed by atoms with Crippen molar-refractivity contribution < 1.29 is 10.4 Å². The van der Waals surface area contributed by atoms with Gasteiger partial charge in [0.05, 0.1) is 11.0 Å². The standard InChI is InChI=1S/C22H20N6O2/c1-12-9-14(20(23)27-29)5-7-17(12)13-3-2-4-16(10-13)22-25-18-8-6-15(21(24)28-30)11-19(18)26-22/h2-11,29-30H,1H3,(H2,23,27)(H2,24,28)(H,25,26). The van der Waals surface area contributed by atoms with Crippen molar-refractivity contribution in [1.82, 2.24) is 20.9 Å². The topological polar surface area (TPSA) is 141 Å². The Kier molecular flexibility index (Phi) is 5.01. The van der Waals surface area contributed by atoms with E-state index in [0.29, 0.717) is 22.5 Å². The average molecular weight is 400 g/mol. The first-order valence-electron chi connectivity index (χ1n) is 9.19. The van der Waals surface area contributed by atoms with Crippen LogP contribution >= 0.6 is 0 Å². The van der Waals surface area contributed by atoms with Crippen molar-refractivity contribution in [2.24, 2.45) is 0 Å². The molecule has 8 nitrogen and oxygen atoms in total. The normalized spacial score (nSPS) is 10.8. The number of hydroxylamine groups is 2. The Bertz CT molecular complexity index is 1280. The van der Waals surface area contributed by atoms with Gasteiger partial charge in [-0.2, -0.15) is 0 Å². The lowest BCUT2D eigenvalue weighted by Crippen LogP contribution is -2.18. The third kappa shape index (κ3) is 3.52. The Morgan fingerprint density at radius 2 is 1.53 bits per heavy atom. The summed E-state index contributed by atoms with van der Waals surface area (Å²) in [6.07, 6.45) is 0. The van der Waals surface area contributed by atoms with Crippen LogP contribution in [0.25, 0.3) is 33.5 Å². The molecule has 0 unspecified atom stereocenters. The highest BCUT2D eigenvalue weighted by Gasteiger charge is 2.11. The van der Waals surface area contributed by atoms with E-state index >= 15 is 0 Å². The zero-order valence-corrected chi connectivity index (χ0v) is 16.1. The number of imidazole rings is 1. The van der Waals surface area contributed by atoms with Crippen LogP contribution < -0.4 is 11.0 Å². The minimum absolute atomic E-state index is 0.0514. The van der Waals surface area contributed by atoms with Crippen LogP contribution in [-0.4, -0.2) is 32.1 Å². The molecular weight excluding hydrogens is 380 g/mol. The fourth-order valence-corrected chi connectivity index (χ4v) is 3.40. The van der Waals surface area contributed by atoms with E-state index in [9.17, 15) is 0 Å². The Hall–Kier alpha value is -4.01. The summed E-state index contributed by atoms with van der Waals surface area (Å²) in [7, 11) is 0. The number of H-pyrrole nitrogens is 1. The van der Waals surface area contributed by atoms with Gasteiger partial charge in [0, 0.05) is 16.7 Å². The number of aromatic amines is 1. The molecule has 0 saturated carbocycles. The number of hydrogen-bond acceptors (Lipinski definition) is 5. The molecule has 0 radical (unpaired) electrons. The second-order valence-electron chi connectivity index (χ2n) is 6.90. The van der Waals surface area contributed by atoms with E-state index in [1.54, 1.807) is 18.2 Å². The highest BCUT2D eigenvalue weighted by molar-refractivity contribution is 5.99. The quantitative estimate of drug-likeness (QED) is 0.158. The largest absolute Gasteiger partial charge is 0.338 e. The van der Waals surface area contributed by atoms with E-state index in [1.165, 1.54) is 0 Å². The summed E-state index contributed by atoms with van der Waals surface area (Å²) in [5.41, 5.74) is 10.3. The first kappa shape index (κ1) is 19.3. The van der Waals surface area contributed by atoms with Gasteiger partial charge < -0.3 is 4.98 Å². The average Bonchev–Trinajstić information content (AvgIpc) is 3.21. The molecule has 1 heterocycles. The zero-order chi connectivity index (χ0) is 21.3. The van der Waals surface area contributed by atoms with Crippen molar-refractivity contribution in [3.05, 3.63) is 77.4 Å². The van der Waals surface area contributed by atoms with Crippen molar-refractivity contribution in [2.45, 2.75) is 6.92 Å². The maximum atomic E-state index is 8.94. The maximum Gasteiger partial charge on any atom is 0.149 e. The summed E-state index contributed by atoms with van der Waals surface area (Å²) in [5.74, 6) is 0.560. The number of hydrogen-bond donors (Lipinski definition) is 7. The van der Waals surface area contributed by atoms with Crippen molar-refractivity contribution in [3.63, 3.8) is 0 Å². The predicted octanol–water partition coefficient (Wildman–Crippen LogP) is 3.81. The molecule has 3 aromatic carbocycles. The molecule has 0 bridgehead atoms. The van der Waals surface area contributed by atoms with Gasteiger partial charge in [0.1, 0.15) is 17.5 Å². The number of nitrogens with one attached hydrogen (secondary N) is 5. The second kappa shape index (κ2) is 7.78. The molecule has 4 aromatic rings. The summed E-state index contributed by atoms with van der Waals surface area (Å²) in [6.45, 7) is 1.96. The van der Waals surface area contributed by atoms with Gasteiger partial charge in [0.15, 0.2) is 0 Å². The summed E-state index contributed by atoms with van der Waals surface area (Å²) < 4.78 is 0. The van der Waals surface area contributed by atoms with E-state index in [4.69, 9.17) is 21.2 Å². The third-order valence-electron chi connectivity index (χ3n) is 4.96. The van der Waals surface area contributed by atoms with Crippen LogP contribution in [0.2, 0.25) is 0 Å². The van der Waals surface area contributed by atoms with Gasteiger partial charge in [-0.3, -0.25) is 32.2 Å². The van der Waals surface area contributed by atoms with E-state index < -0.39 is 0 Å². The van der Waals surface area contributed by atoms with Gasteiger partial charge in [-0.05, 0) is 53.9 Å². The van der Waals surface area contributed by atoms with E-state index in [-0.39, 0.29) is 11.7 Å². The molecule has 8 heteroatoms. The highest BCUT2D eigenvalue weighted by Crippen LogP contribution is 2.29. The number of amidine groups is 2. The fraction of sp³-hybridized carbons (Fsp3) is 0.0455. The molecule has 1 aromatic heterocycles. The molecule has 4 rings (SSSR count). The Balaban J connectivity index is 1.72. The molecular formula is C22H20N6O2. The van der Waals surface area contributed by atoms with Gasteiger partial charge in [-0.15, -0.1) is 0 Å². The number of fused-ring (bicyclic) bond motifs is 1. The van der Waals surface area contributed by atoms with E-state index in [0.717, 1.165) is 27.8 Å². The highest BCUT2D eigenvalue weighted by atomic mass is 16.5. The van der Waals surface area contributed by atoms with Crippen molar-refractivity contribution in [1.29, 1.82) is 10.8 Å². The third-order valence-corrected chi connectivity index (χ3v) is 4.96. The first-order chi connectivity index (χ1) is 14.5. The molecule has 0 aliphatic rings. The Morgan fingerprint density at radius 1 is 0.867 bits per heavy atom. The first-order valence-corrected chi connectivity index (χ1v) is 9.19. The van der Waals surface area contributed by atoms with Crippen LogP contribution in [0, 0.1) is 17.7 Å². The Morgan fingerprint density at radius 3 is 2.23 bits per heavy atom. The molecule has 30 heavy (non-hydrogen) atoms. The lowest BCUT2D eigenvalue weighted by atomic mass is 9.96. The van der Waals surface area contributed by atoms with Crippen molar-refractivity contribution in [3.8, 4) is 22.5 Å². The zero-order valence-electron chi connectivity index (χ0n) is 16.1. The summed E-state index contributed by atoms with van der Waals surface area (Å²) in [4.78, 5) is 7.93. The minimum atomic E-state index is -0.0909. The van der Waals surface area contributed by atoms with Gasteiger partial charge in [-0.1, -0.05) is 30.3 Å². The minimum Gasteiger partial charge on any atom is -0.338 e. The van der Waals surface area contributed by atoms with Crippen LogP contribution in [0.5, 0.6) is 0 Å². The van der Waals surface area contributed by atoms with Crippen LogP contribution in [0.15, 0.2) is 60.7 Å². The molecule has 150 valence electrons. The maximum absolute atomic E-state index is 8.94. The lowest BCUT2D eigenvalue weighted by Gasteiger charge is -2.10. The second-order valence-corrected chi connectivity index (χ2v) is 6.90. The van der Waals surface area contributed by atoms with E-state index in [2.05, 4.69) is 9.97 Å². The molecule has 7 N–H and O–H groups in total. The molecule has 0 spiro atoms. The summed E-state index contributed by atoms with van der Waals surface area (Å²) >= 11 is 0. The number of rotatable bonds is 4. The van der Waals surface area contributed by atoms with Gasteiger partial charge >= 0.3 is 0 Å². The van der Waals surface area contributed by atoms with Crippen molar-refractivity contribution in [2.75, 3.05) is 0 Å². The molecule has 0 aliphatic carbocycles. The van der Waals surface area contributed by atoms with Crippen molar-refractivity contribution >= 4 is 22.7 Å². The van der Waals surface area contributed by atoms with Crippen LogP contribution in [0.3, 0.4) is 0 Å². The molecule has 0 amide bonds. The van der Waals surface area contributed by atoms with E-state index in [1.807, 2.05) is 60.3 Å². The fourth-order valence-electron chi connectivity index (χ4n) is 3.40. The molecule has 0 saturated heterocycles. The number of benzene rings is 3. The predicted molar refractivity (Wildman–Crippen MR) is 115 cm³/mol. The van der Waals surface area contributed by atoms with Crippen LogP contribution in [0.1, 0.15) is 16.7 Å². The van der Waals surface area contributed by atoms with Gasteiger partial charge in [0.25, 0.3) is 0 Å². The smallest absolute Gasteiger partial charge is 0.149 e. The number of aryl methyl sites for hydroxylation is 1. The Labute approximate surface area is 172 Å². The molecule has 0 aliphatic heterocycles. The molecule has 0 atom stereocenters. The summed E-state index contributed by atoms with van der Waals surface area (Å²) in [6, 6.07) is 18.8. The number of nitrogens with zero attached hydrogens (tertiary/aromatic N) is 1. The summed E-state index contributed by atoms with van der Waals surface area (Å²) in [5, 5.41) is 33.3. The SMILES string of the molecule is Cc1cc(C(=N)NO)ccc1-c1cccc(-c2nc3cc(C(=N)NO)ccc3[nH]2)c1. The van der Waals surface area contributed by atoms with Crippen LogP contribution in [0.4, 0.5) is 0 Å².